The smallest absolute Gasteiger partial charge is 0.167 e. The second kappa shape index (κ2) is 9.40. The maximum Gasteiger partial charge on any atom is 0.167 e. The van der Waals surface area contributed by atoms with Crippen LogP contribution < -0.4 is 0 Å². The number of halogens is 5. The predicted octanol–water partition coefficient (Wildman–Crippen LogP) is 9.06. The summed E-state index contributed by atoms with van der Waals surface area (Å²) in [5.74, 6) is -3.58. The van der Waals surface area contributed by atoms with Gasteiger partial charge in [0.15, 0.2) is 23.3 Å². The molecule has 3 aromatic carbocycles. The molecule has 2 aliphatic carbocycles. The summed E-state index contributed by atoms with van der Waals surface area (Å²) in [7, 11) is 0. The van der Waals surface area contributed by atoms with Gasteiger partial charge in [-0.05, 0) is 83.4 Å². The quantitative estimate of drug-likeness (QED) is 0.240. The van der Waals surface area contributed by atoms with Crippen molar-refractivity contribution >= 4 is 0 Å². The van der Waals surface area contributed by atoms with Crippen molar-refractivity contribution in [2.24, 2.45) is 5.92 Å². The third-order valence-corrected chi connectivity index (χ3v) is 7.87. The highest BCUT2D eigenvalue weighted by Crippen LogP contribution is 2.51. The fourth-order valence-corrected chi connectivity index (χ4v) is 5.76. The zero-order valence-corrected chi connectivity index (χ0v) is 20.1. The summed E-state index contributed by atoms with van der Waals surface area (Å²) < 4.78 is 74.3. The molecule has 0 atom stereocenters. The highest BCUT2D eigenvalue weighted by molar-refractivity contribution is 6.03. The Morgan fingerprint density at radius 3 is 1.91 bits per heavy atom. The van der Waals surface area contributed by atoms with E-state index >= 15 is 4.39 Å². The lowest BCUT2D eigenvalue weighted by Crippen LogP contribution is -2.13. The van der Waals surface area contributed by atoms with Crippen LogP contribution in [0.25, 0.3) is 22.3 Å². The van der Waals surface area contributed by atoms with Crippen molar-refractivity contribution in [1.82, 2.24) is 0 Å². The molecule has 5 rings (SSSR count). The molecule has 0 N–H and O–H groups in total. The van der Waals surface area contributed by atoms with Crippen LogP contribution in [0.2, 0.25) is 0 Å². The van der Waals surface area contributed by atoms with E-state index < -0.39 is 29.1 Å². The summed E-state index contributed by atoms with van der Waals surface area (Å²) in [4.78, 5) is 0. The average Bonchev–Trinajstić information content (AvgIpc) is 2.83. The fraction of sp³-hybridized carbons (Fsp3) is 0.400. The van der Waals surface area contributed by atoms with Crippen molar-refractivity contribution in [1.29, 1.82) is 0 Å². The highest BCUT2D eigenvalue weighted by Gasteiger charge is 2.33. The number of rotatable bonds is 6. The van der Waals surface area contributed by atoms with E-state index in [2.05, 4.69) is 6.92 Å². The van der Waals surface area contributed by atoms with Crippen LogP contribution in [0.3, 0.4) is 0 Å². The molecule has 1 fully saturated rings. The van der Waals surface area contributed by atoms with Crippen LogP contribution in [-0.4, -0.2) is 0 Å². The highest BCUT2D eigenvalue weighted by atomic mass is 19.2. The molecule has 3 aromatic rings. The molecule has 0 heterocycles. The van der Waals surface area contributed by atoms with Crippen molar-refractivity contribution in [3.63, 3.8) is 0 Å². The first-order valence-corrected chi connectivity index (χ1v) is 12.6. The lowest BCUT2D eigenvalue weighted by Gasteiger charge is -2.27. The van der Waals surface area contributed by atoms with E-state index in [1.54, 1.807) is 30.3 Å². The van der Waals surface area contributed by atoms with E-state index in [9.17, 15) is 17.6 Å². The SMILES string of the molecule is CCCc1cc2c(c(F)c1F)-c1c-2ccc(CCc2ccc(C3CCC(C)CC3)c(F)c2F)c1F. The van der Waals surface area contributed by atoms with Gasteiger partial charge in [-0.2, -0.15) is 0 Å². The molecular weight excluding hydrogens is 455 g/mol. The van der Waals surface area contributed by atoms with E-state index in [0.717, 1.165) is 25.7 Å². The topological polar surface area (TPSA) is 0 Å². The fourth-order valence-electron chi connectivity index (χ4n) is 5.76. The molecule has 184 valence electrons. The number of aryl methyl sites for hydroxylation is 3. The van der Waals surface area contributed by atoms with Gasteiger partial charge >= 0.3 is 0 Å². The molecule has 5 heteroatoms. The Hall–Kier alpha value is -2.69. The lowest BCUT2D eigenvalue weighted by atomic mass is 9.77. The standard InChI is InChI=1S/C30H29F5/c1-3-4-20-15-23-22-14-12-18(26(31)24(22)25(23)30(35)28(20)33)9-10-19-11-13-21(29(34)27(19)32)17-7-5-16(2)6-8-17/h11-17H,3-10H2,1-2H3. The number of benzene rings is 3. The first kappa shape index (κ1) is 24.0. The second-order valence-corrected chi connectivity index (χ2v) is 10.2. The van der Waals surface area contributed by atoms with Crippen LogP contribution in [0.4, 0.5) is 22.0 Å². The number of hydrogen-bond donors (Lipinski definition) is 0. The summed E-state index contributed by atoms with van der Waals surface area (Å²) in [6, 6.07) is 8.18. The summed E-state index contributed by atoms with van der Waals surface area (Å²) in [5.41, 5.74) is 2.32. The Morgan fingerprint density at radius 1 is 0.629 bits per heavy atom. The lowest BCUT2D eigenvalue weighted by molar-refractivity contribution is 0.339. The van der Waals surface area contributed by atoms with E-state index in [1.807, 2.05) is 6.92 Å². The molecular formula is C30H29F5. The molecule has 0 saturated heterocycles. The van der Waals surface area contributed by atoms with Crippen molar-refractivity contribution < 1.29 is 22.0 Å². The minimum atomic E-state index is -1.02. The predicted molar refractivity (Wildman–Crippen MR) is 129 cm³/mol. The average molecular weight is 485 g/mol. The molecule has 0 spiro atoms. The van der Waals surface area contributed by atoms with Crippen molar-refractivity contribution in [3.8, 4) is 22.3 Å². The van der Waals surface area contributed by atoms with Gasteiger partial charge in [0.05, 0.1) is 0 Å². The van der Waals surface area contributed by atoms with Gasteiger partial charge in [-0.25, -0.2) is 22.0 Å². The molecule has 35 heavy (non-hydrogen) atoms. The molecule has 0 bridgehead atoms. The van der Waals surface area contributed by atoms with E-state index in [-0.39, 0.29) is 41.0 Å². The van der Waals surface area contributed by atoms with Gasteiger partial charge in [-0.1, -0.05) is 57.4 Å². The largest absolute Gasteiger partial charge is 0.206 e. The van der Waals surface area contributed by atoms with E-state index in [4.69, 9.17) is 0 Å². The van der Waals surface area contributed by atoms with Gasteiger partial charge in [0, 0.05) is 11.1 Å². The van der Waals surface area contributed by atoms with Crippen LogP contribution in [0.15, 0.2) is 30.3 Å². The van der Waals surface area contributed by atoms with Crippen molar-refractivity contribution in [3.05, 3.63) is 81.7 Å². The van der Waals surface area contributed by atoms with Crippen LogP contribution in [-0.2, 0) is 19.3 Å². The zero-order chi connectivity index (χ0) is 24.9. The normalized spacial score (nSPS) is 18.7. The van der Waals surface area contributed by atoms with Crippen molar-refractivity contribution in [2.75, 3.05) is 0 Å². The monoisotopic (exact) mass is 484 g/mol. The molecule has 2 aliphatic rings. The van der Waals surface area contributed by atoms with Gasteiger partial charge in [0.2, 0.25) is 0 Å². The first-order valence-electron chi connectivity index (χ1n) is 12.6. The Kier molecular flexibility index (Phi) is 6.45. The molecule has 0 radical (unpaired) electrons. The summed E-state index contributed by atoms with van der Waals surface area (Å²) in [6.07, 6.45) is 5.06. The number of fused-ring (bicyclic) bond motifs is 4. The summed E-state index contributed by atoms with van der Waals surface area (Å²) in [6.45, 7) is 4.06. The second-order valence-electron chi connectivity index (χ2n) is 10.2. The maximum atomic E-state index is 15.3. The van der Waals surface area contributed by atoms with E-state index in [0.29, 0.717) is 41.0 Å². The number of hydrogen-bond acceptors (Lipinski definition) is 0. The molecule has 0 amide bonds. The maximum absolute atomic E-state index is 15.3. The zero-order valence-electron chi connectivity index (χ0n) is 20.1. The third-order valence-electron chi connectivity index (χ3n) is 7.87. The van der Waals surface area contributed by atoms with Crippen LogP contribution in [0.5, 0.6) is 0 Å². The molecule has 0 aromatic heterocycles. The molecule has 0 aliphatic heterocycles. The molecule has 0 nitrogen and oxygen atoms in total. The van der Waals surface area contributed by atoms with Gasteiger partial charge in [0.25, 0.3) is 0 Å². The van der Waals surface area contributed by atoms with Crippen LogP contribution in [0.1, 0.15) is 74.1 Å². The van der Waals surface area contributed by atoms with Crippen LogP contribution >= 0.6 is 0 Å². The molecule has 1 saturated carbocycles. The first-order chi connectivity index (χ1) is 16.8. The van der Waals surface area contributed by atoms with Crippen molar-refractivity contribution in [2.45, 2.75) is 71.1 Å². The molecule has 0 unspecified atom stereocenters. The Labute approximate surface area is 203 Å². The summed E-state index contributed by atoms with van der Waals surface area (Å²) in [5, 5.41) is 0. The minimum Gasteiger partial charge on any atom is -0.206 e. The van der Waals surface area contributed by atoms with Gasteiger partial charge in [0.1, 0.15) is 5.82 Å². The van der Waals surface area contributed by atoms with Gasteiger partial charge < -0.3 is 0 Å². The van der Waals surface area contributed by atoms with Gasteiger partial charge in [-0.3, -0.25) is 0 Å². The third kappa shape index (κ3) is 4.07. The van der Waals surface area contributed by atoms with E-state index in [1.165, 1.54) is 0 Å². The van der Waals surface area contributed by atoms with Crippen LogP contribution in [0, 0.1) is 35.0 Å². The van der Waals surface area contributed by atoms with Gasteiger partial charge in [-0.15, -0.1) is 0 Å². The Morgan fingerprint density at radius 2 is 1.23 bits per heavy atom. The Balaban J connectivity index is 1.37. The Bertz CT molecular complexity index is 1280. The summed E-state index contributed by atoms with van der Waals surface area (Å²) >= 11 is 0. The minimum absolute atomic E-state index is 0.0277.